The van der Waals surface area contributed by atoms with Crippen LogP contribution in [0.5, 0.6) is 0 Å². The van der Waals surface area contributed by atoms with Crippen LogP contribution in [0.4, 0.5) is 11.4 Å². The molecule has 0 bridgehead atoms. The number of hydrogen-bond acceptors (Lipinski definition) is 4. The predicted molar refractivity (Wildman–Crippen MR) is 117 cm³/mol. The number of hydrogen-bond donors (Lipinski definition) is 0. The van der Waals surface area contributed by atoms with Crippen molar-refractivity contribution in [3.63, 3.8) is 0 Å². The molecule has 6 heteroatoms. The lowest BCUT2D eigenvalue weighted by atomic mass is 9.75. The average Bonchev–Trinajstić information content (AvgIpc) is 3.42. The number of nitrogens with zero attached hydrogens (tertiary/aromatic N) is 3. The van der Waals surface area contributed by atoms with Crippen LogP contribution in [-0.2, 0) is 19.9 Å². The number of benzene rings is 2. The van der Waals surface area contributed by atoms with Gasteiger partial charge in [0.25, 0.3) is 5.91 Å². The highest BCUT2D eigenvalue weighted by Crippen LogP contribution is 2.61. The quantitative estimate of drug-likeness (QED) is 0.672. The lowest BCUT2D eigenvalue weighted by Crippen LogP contribution is -2.55. The predicted octanol–water partition coefficient (Wildman–Crippen LogP) is 2.76. The Morgan fingerprint density at radius 1 is 0.968 bits per heavy atom. The Morgan fingerprint density at radius 3 is 2.52 bits per heavy atom. The summed E-state index contributed by atoms with van der Waals surface area (Å²) in [6.07, 6.45) is 1.77. The van der Waals surface area contributed by atoms with Crippen LogP contribution in [-0.4, -0.2) is 42.3 Å². The van der Waals surface area contributed by atoms with Crippen molar-refractivity contribution < 1.29 is 14.4 Å². The highest BCUT2D eigenvalue weighted by Gasteiger charge is 2.75. The molecule has 6 nitrogen and oxygen atoms in total. The molecule has 4 heterocycles. The minimum atomic E-state index is -1.09. The molecule has 158 valence electrons. The van der Waals surface area contributed by atoms with Gasteiger partial charge in [0.1, 0.15) is 5.54 Å². The largest absolute Gasteiger partial charge is 0.313 e. The number of likely N-dealkylation sites (N-methyl/N-ethyl adjacent to an activating group) is 1. The summed E-state index contributed by atoms with van der Waals surface area (Å²) in [4.78, 5) is 46.8. The molecule has 0 aromatic heterocycles. The molecule has 2 aromatic rings. The molecule has 2 aromatic carbocycles. The van der Waals surface area contributed by atoms with Crippen LogP contribution < -0.4 is 9.80 Å². The number of fused-ring (bicyclic) bond motifs is 7. The summed E-state index contributed by atoms with van der Waals surface area (Å²) in [6, 6.07) is 13.4. The zero-order chi connectivity index (χ0) is 21.7. The number of aryl methyl sites for hydroxylation is 2. The summed E-state index contributed by atoms with van der Waals surface area (Å²) in [7, 11) is 1.78. The summed E-state index contributed by atoms with van der Waals surface area (Å²) < 4.78 is 0. The van der Waals surface area contributed by atoms with E-state index in [1.807, 2.05) is 56.3 Å². The van der Waals surface area contributed by atoms with Gasteiger partial charge < -0.3 is 4.90 Å². The van der Waals surface area contributed by atoms with E-state index in [0.717, 1.165) is 41.8 Å². The van der Waals surface area contributed by atoms with Crippen molar-refractivity contribution in [2.75, 3.05) is 23.4 Å². The Morgan fingerprint density at radius 2 is 1.74 bits per heavy atom. The normalized spacial score (nSPS) is 31.7. The van der Waals surface area contributed by atoms with Crippen molar-refractivity contribution in [1.29, 1.82) is 0 Å². The Balaban J connectivity index is 1.59. The smallest absolute Gasteiger partial charge is 0.252 e. The van der Waals surface area contributed by atoms with Crippen LogP contribution in [0.1, 0.15) is 29.5 Å². The highest BCUT2D eigenvalue weighted by molar-refractivity contribution is 6.26. The monoisotopic (exact) mass is 415 g/mol. The molecule has 0 radical (unpaired) electrons. The van der Waals surface area contributed by atoms with Gasteiger partial charge in [-0.2, -0.15) is 0 Å². The van der Waals surface area contributed by atoms with Gasteiger partial charge in [0.15, 0.2) is 0 Å². The molecule has 3 fully saturated rings. The molecule has 0 N–H and O–H groups in total. The summed E-state index contributed by atoms with van der Waals surface area (Å²) in [6.45, 7) is 4.69. The first-order valence-corrected chi connectivity index (χ1v) is 11.0. The van der Waals surface area contributed by atoms with Crippen molar-refractivity contribution in [2.45, 2.75) is 38.3 Å². The third-order valence-corrected chi connectivity index (χ3v) is 7.78. The van der Waals surface area contributed by atoms with E-state index in [2.05, 4.69) is 4.90 Å². The van der Waals surface area contributed by atoms with E-state index in [9.17, 15) is 14.4 Å². The highest BCUT2D eigenvalue weighted by atomic mass is 16.2. The van der Waals surface area contributed by atoms with Gasteiger partial charge >= 0.3 is 0 Å². The minimum Gasteiger partial charge on any atom is -0.313 e. The van der Waals surface area contributed by atoms with Gasteiger partial charge in [0.2, 0.25) is 11.8 Å². The van der Waals surface area contributed by atoms with Crippen molar-refractivity contribution in [3.8, 4) is 0 Å². The first-order valence-electron chi connectivity index (χ1n) is 11.0. The third-order valence-electron chi connectivity index (χ3n) is 7.78. The molecule has 4 atom stereocenters. The number of anilines is 2. The van der Waals surface area contributed by atoms with Crippen LogP contribution in [0.3, 0.4) is 0 Å². The van der Waals surface area contributed by atoms with E-state index in [1.54, 1.807) is 11.9 Å². The first kappa shape index (κ1) is 18.8. The van der Waals surface area contributed by atoms with Gasteiger partial charge in [-0.15, -0.1) is 0 Å². The summed E-state index contributed by atoms with van der Waals surface area (Å²) in [5.74, 6) is -1.67. The molecule has 0 aliphatic carbocycles. The maximum Gasteiger partial charge on any atom is 0.252 e. The molecular formula is C25H25N3O3. The zero-order valence-electron chi connectivity index (χ0n) is 18.0. The van der Waals surface area contributed by atoms with Gasteiger partial charge in [0, 0.05) is 24.3 Å². The summed E-state index contributed by atoms with van der Waals surface area (Å²) in [5, 5.41) is 0. The Labute approximate surface area is 181 Å². The summed E-state index contributed by atoms with van der Waals surface area (Å²) >= 11 is 0. The standard InChI is InChI=1S/C25H25N3O3/c1-14-6-4-7-16(12-14)28-22(29)20-19-8-5-11-27(19)25(21(20)23(28)30)17-13-15(2)9-10-18(17)26(3)24(25)31/h4,6-7,9-10,12-13,19-21H,5,8,11H2,1-3H3. The van der Waals surface area contributed by atoms with Crippen molar-refractivity contribution >= 4 is 29.1 Å². The number of amides is 3. The Kier molecular flexibility index (Phi) is 3.65. The lowest BCUT2D eigenvalue weighted by Gasteiger charge is -2.37. The van der Waals surface area contributed by atoms with Crippen molar-refractivity contribution in [3.05, 3.63) is 59.2 Å². The van der Waals surface area contributed by atoms with E-state index < -0.39 is 17.4 Å². The number of carbonyl (C=O) groups is 3. The molecule has 31 heavy (non-hydrogen) atoms. The van der Waals surface area contributed by atoms with Crippen molar-refractivity contribution in [1.82, 2.24) is 4.90 Å². The molecule has 1 spiro atoms. The number of carbonyl (C=O) groups excluding carboxylic acids is 3. The van der Waals surface area contributed by atoms with Crippen LogP contribution >= 0.6 is 0 Å². The van der Waals surface area contributed by atoms with Gasteiger partial charge in [0.05, 0.1) is 17.5 Å². The third kappa shape index (κ3) is 2.09. The maximum absolute atomic E-state index is 14.0. The second-order valence-corrected chi connectivity index (χ2v) is 9.41. The van der Waals surface area contributed by atoms with E-state index in [4.69, 9.17) is 0 Å². The minimum absolute atomic E-state index is 0.0833. The molecule has 4 aliphatic rings. The topological polar surface area (TPSA) is 60.9 Å². The number of imide groups is 1. The fraction of sp³-hybridized carbons (Fsp3) is 0.400. The molecular weight excluding hydrogens is 390 g/mol. The van der Waals surface area contributed by atoms with Crippen LogP contribution in [0.25, 0.3) is 0 Å². The van der Waals surface area contributed by atoms with Crippen LogP contribution in [0, 0.1) is 25.7 Å². The average molecular weight is 415 g/mol. The van der Waals surface area contributed by atoms with Crippen LogP contribution in [0.15, 0.2) is 42.5 Å². The second kappa shape index (κ2) is 6.04. The van der Waals surface area contributed by atoms with E-state index in [1.165, 1.54) is 4.90 Å². The van der Waals surface area contributed by atoms with Gasteiger partial charge in [-0.05, 0) is 57.0 Å². The molecule has 6 rings (SSSR count). The first-order chi connectivity index (χ1) is 14.9. The Bertz CT molecular complexity index is 1170. The number of rotatable bonds is 1. The van der Waals surface area contributed by atoms with Crippen LogP contribution in [0.2, 0.25) is 0 Å². The lowest BCUT2D eigenvalue weighted by molar-refractivity contribution is -0.136. The summed E-state index contributed by atoms with van der Waals surface area (Å²) in [5.41, 5.74) is 3.28. The van der Waals surface area contributed by atoms with Gasteiger partial charge in [-0.1, -0.05) is 29.8 Å². The van der Waals surface area contributed by atoms with E-state index >= 15 is 0 Å². The molecule has 3 saturated heterocycles. The Hall–Kier alpha value is -2.99. The fourth-order valence-electron chi connectivity index (χ4n) is 6.63. The maximum atomic E-state index is 14.0. The molecule has 4 aliphatic heterocycles. The molecule has 4 unspecified atom stereocenters. The zero-order valence-corrected chi connectivity index (χ0v) is 18.0. The van der Waals surface area contributed by atoms with Gasteiger partial charge in [-0.3, -0.25) is 19.3 Å². The molecule has 3 amide bonds. The SMILES string of the molecule is Cc1cccc(N2C(=O)C3C4CCCN4C4(C(=O)N(C)c5ccc(C)cc54)C3C2=O)c1. The van der Waals surface area contributed by atoms with Gasteiger partial charge in [-0.25, -0.2) is 4.90 Å². The second-order valence-electron chi connectivity index (χ2n) is 9.41. The van der Waals surface area contributed by atoms with Crippen molar-refractivity contribution in [2.24, 2.45) is 11.8 Å². The van der Waals surface area contributed by atoms with E-state index in [0.29, 0.717) is 5.69 Å². The van der Waals surface area contributed by atoms with E-state index in [-0.39, 0.29) is 23.8 Å². The fourth-order valence-corrected chi connectivity index (χ4v) is 6.63. The molecule has 0 saturated carbocycles.